The molecule has 3 N–H and O–H groups in total. The number of carbonyl (C=O) groups is 1. The number of aliphatic hydroxyl groups is 1. The monoisotopic (exact) mass is 248 g/mol. The molecule has 1 heterocycles. The van der Waals surface area contributed by atoms with Gasteiger partial charge in [-0.15, -0.1) is 0 Å². The Kier molecular flexibility index (Phi) is 3.87. The molecular formula is C14H20N2O2. The maximum Gasteiger partial charge on any atom is 0.253 e. The van der Waals surface area contributed by atoms with Gasteiger partial charge in [-0.3, -0.25) is 4.79 Å². The number of nitrogen functional groups attached to an aromatic ring is 1. The minimum absolute atomic E-state index is 0.0643. The zero-order valence-electron chi connectivity index (χ0n) is 10.7. The van der Waals surface area contributed by atoms with Crippen molar-refractivity contribution in [1.82, 2.24) is 4.90 Å². The summed E-state index contributed by atoms with van der Waals surface area (Å²) in [6, 6.07) is 5.40. The van der Waals surface area contributed by atoms with Crippen molar-refractivity contribution in [3.05, 3.63) is 29.3 Å². The van der Waals surface area contributed by atoms with E-state index in [-0.39, 0.29) is 12.5 Å². The second kappa shape index (κ2) is 5.40. The van der Waals surface area contributed by atoms with Gasteiger partial charge in [-0.2, -0.15) is 0 Å². The third kappa shape index (κ3) is 2.64. The van der Waals surface area contributed by atoms with Crippen molar-refractivity contribution in [3.8, 4) is 0 Å². The molecule has 0 unspecified atom stereocenters. The summed E-state index contributed by atoms with van der Waals surface area (Å²) in [6.07, 6.45) is 1.77. The van der Waals surface area contributed by atoms with E-state index in [1.54, 1.807) is 12.1 Å². The van der Waals surface area contributed by atoms with Gasteiger partial charge in [-0.25, -0.2) is 0 Å². The first kappa shape index (κ1) is 12.9. The molecule has 0 bridgehead atoms. The van der Waals surface area contributed by atoms with Gasteiger partial charge in [0.15, 0.2) is 0 Å². The molecule has 4 nitrogen and oxygen atoms in total. The molecule has 1 aromatic carbocycles. The lowest BCUT2D eigenvalue weighted by Gasteiger charge is -2.31. The first-order chi connectivity index (χ1) is 8.61. The molecule has 1 aromatic rings. The fourth-order valence-corrected chi connectivity index (χ4v) is 2.31. The summed E-state index contributed by atoms with van der Waals surface area (Å²) in [5.41, 5.74) is 8.10. The molecule has 0 radical (unpaired) electrons. The fourth-order valence-electron chi connectivity index (χ4n) is 2.31. The molecule has 2 rings (SSSR count). The predicted octanol–water partition coefficient (Wildman–Crippen LogP) is 1.42. The second-order valence-corrected chi connectivity index (χ2v) is 4.99. The molecule has 0 spiro atoms. The van der Waals surface area contributed by atoms with E-state index < -0.39 is 0 Å². The molecule has 1 fully saturated rings. The highest BCUT2D eigenvalue weighted by atomic mass is 16.3. The van der Waals surface area contributed by atoms with E-state index in [1.165, 1.54) is 0 Å². The van der Waals surface area contributed by atoms with E-state index in [9.17, 15) is 4.79 Å². The average molecular weight is 248 g/mol. The molecule has 0 aromatic heterocycles. The van der Waals surface area contributed by atoms with Gasteiger partial charge in [-0.05, 0) is 49.4 Å². The molecule has 0 saturated carbocycles. The van der Waals surface area contributed by atoms with E-state index in [0.717, 1.165) is 31.5 Å². The van der Waals surface area contributed by atoms with E-state index in [2.05, 4.69) is 0 Å². The highest BCUT2D eigenvalue weighted by molar-refractivity contribution is 5.94. The summed E-state index contributed by atoms with van der Waals surface area (Å²) in [5.74, 6) is 0.414. The Bertz CT molecular complexity index is 437. The smallest absolute Gasteiger partial charge is 0.253 e. The maximum atomic E-state index is 12.3. The van der Waals surface area contributed by atoms with Gasteiger partial charge in [0, 0.05) is 30.9 Å². The Morgan fingerprint density at radius 2 is 2.11 bits per heavy atom. The summed E-state index contributed by atoms with van der Waals surface area (Å²) < 4.78 is 0. The van der Waals surface area contributed by atoms with Gasteiger partial charge in [0.25, 0.3) is 5.91 Å². The summed E-state index contributed by atoms with van der Waals surface area (Å²) in [5, 5.41) is 9.08. The molecule has 1 amide bonds. The number of amides is 1. The van der Waals surface area contributed by atoms with Crippen LogP contribution in [0.15, 0.2) is 18.2 Å². The number of aryl methyl sites for hydroxylation is 1. The highest BCUT2D eigenvalue weighted by Gasteiger charge is 2.23. The van der Waals surface area contributed by atoms with Crippen molar-refractivity contribution in [2.45, 2.75) is 19.8 Å². The largest absolute Gasteiger partial charge is 0.399 e. The molecule has 0 aliphatic carbocycles. The number of benzene rings is 1. The molecule has 1 aliphatic heterocycles. The average Bonchev–Trinajstić information content (AvgIpc) is 2.41. The van der Waals surface area contributed by atoms with Gasteiger partial charge in [-0.1, -0.05) is 0 Å². The zero-order chi connectivity index (χ0) is 13.1. The van der Waals surface area contributed by atoms with Crippen LogP contribution in [0.3, 0.4) is 0 Å². The summed E-state index contributed by atoms with van der Waals surface area (Å²) in [6.45, 7) is 3.59. The number of nitrogens with two attached hydrogens (primary N) is 1. The molecule has 98 valence electrons. The number of nitrogens with zero attached hydrogens (tertiary/aromatic N) is 1. The number of hydrogen-bond donors (Lipinski definition) is 2. The molecular weight excluding hydrogens is 228 g/mol. The van der Waals surface area contributed by atoms with Crippen LogP contribution in [-0.4, -0.2) is 35.6 Å². The topological polar surface area (TPSA) is 66.6 Å². The third-order valence-corrected chi connectivity index (χ3v) is 3.68. The molecule has 1 saturated heterocycles. The van der Waals surface area contributed by atoms with Crippen LogP contribution >= 0.6 is 0 Å². The van der Waals surface area contributed by atoms with E-state index in [4.69, 9.17) is 10.8 Å². The van der Waals surface area contributed by atoms with Crippen molar-refractivity contribution >= 4 is 11.6 Å². The SMILES string of the molecule is Cc1cc(C(=O)N2CCC(CO)CC2)ccc1N. The Labute approximate surface area is 107 Å². The van der Waals surface area contributed by atoms with Crippen LogP contribution in [0.2, 0.25) is 0 Å². The van der Waals surface area contributed by atoms with Gasteiger partial charge < -0.3 is 15.7 Å². The van der Waals surface area contributed by atoms with Crippen LogP contribution in [0, 0.1) is 12.8 Å². The Hall–Kier alpha value is -1.55. The standard InChI is InChI=1S/C14H20N2O2/c1-10-8-12(2-3-13(10)15)14(18)16-6-4-11(9-17)5-7-16/h2-3,8,11,17H,4-7,9,15H2,1H3. The molecule has 1 aliphatic rings. The summed E-state index contributed by atoms with van der Waals surface area (Å²) >= 11 is 0. The van der Waals surface area contributed by atoms with E-state index in [0.29, 0.717) is 17.2 Å². The van der Waals surface area contributed by atoms with Crippen molar-refractivity contribution in [3.63, 3.8) is 0 Å². The van der Waals surface area contributed by atoms with Gasteiger partial charge in [0.1, 0.15) is 0 Å². The second-order valence-electron chi connectivity index (χ2n) is 4.99. The first-order valence-electron chi connectivity index (χ1n) is 6.38. The number of anilines is 1. The normalized spacial score (nSPS) is 16.9. The van der Waals surface area contributed by atoms with Crippen LogP contribution in [0.1, 0.15) is 28.8 Å². The minimum Gasteiger partial charge on any atom is -0.399 e. The van der Waals surface area contributed by atoms with Gasteiger partial charge in [0.2, 0.25) is 0 Å². The minimum atomic E-state index is 0.0643. The van der Waals surface area contributed by atoms with Crippen LogP contribution < -0.4 is 5.73 Å². The van der Waals surface area contributed by atoms with Crippen LogP contribution in [0.25, 0.3) is 0 Å². The van der Waals surface area contributed by atoms with Crippen LogP contribution in [-0.2, 0) is 0 Å². The summed E-state index contributed by atoms with van der Waals surface area (Å²) in [4.78, 5) is 14.1. The van der Waals surface area contributed by atoms with Gasteiger partial charge in [0.05, 0.1) is 0 Å². The number of likely N-dealkylation sites (tertiary alicyclic amines) is 1. The molecule has 0 atom stereocenters. The lowest BCUT2D eigenvalue weighted by atomic mass is 9.97. The van der Waals surface area contributed by atoms with E-state index in [1.807, 2.05) is 17.9 Å². The number of rotatable bonds is 2. The summed E-state index contributed by atoms with van der Waals surface area (Å²) in [7, 11) is 0. The van der Waals surface area contributed by atoms with Gasteiger partial charge >= 0.3 is 0 Å². The number of aliphatic hydroxyl groups excluding tert-OH is 1. The molecule has 4 heteroatoms. The molecule has 18 heavy (non-hydrogen) atoms. The lowest BCUT2D eigenvalue weighted by Crippen LogP contribution is -2.39. The highest BCUT2D eigenvalue weighted by Crippen LogP contribution is 2.20. The first-order valence-corrected chi connectivity index (χ1v) is 6.38. The lowest BCUT2D eigenvalue weighted by molar-refractivity contribution is 0.0651. The fraction of sp³-hybridized carbons (Fsp3) is 0.500. The van der Waals surface area contributed by atoms with Crippen molar-refractivity contribution in [2.75, 3.05) is 25.4 Å². The Morgan fingerprint density at radius 3 is 2.67 bits per heavy atom. The maximum absolute atomic E-state index is 12.3. The predicted molar refractivity (Wildman–Crippen MR) is 71.3 cm³/mol. The van der Waals surface area contributed by atoms with Crippen molar-refractivity contribution in [1.29, 1.82) is 0 Å². The third-order valence-electron chi connectivity index (χ3n) is 3.68. The number of piperidine rings is 1. The van der Waals surface area contributed by atoms with Crippen molar-refractivity contribution in [2.24, 2.45) is 5.92 Å². The van der Waals surface area contributed by atoms with Crippen LogP contribution in [0.5, 0.6) is 0 Å². The Morgan fingerprint density at radius 1 is 1.44 bits per heavy atom. The van der Waals surface area contributed by atoms with Crippen molar-refractivity contribution < 1.29 is 9.90 Å². The quantitative estimate of drug-likeness (QED) is 0.778. The number of hydrogen-bond acceptors (Lipinski definition) is 3. The van der Waals surface area contributed by atoms with Crippen LogP contribution in [0.4, 0.5) is 5.69 Å². The number of carbonyl (C=O) groups excluding carboxylic acids is 1. The Balaban J connectivity index is 2.05. The van der Waals surface area contributed by atoms with E-state index >= 15 is 0 Å². The zero-order valence-corrected chi connectivity index (χ0v) is 10.7.